The molecule has 1 atom stereocenters. The largest absolute Gasteiger partial charge is 0.400 e. The highest BCUT2D eigenvalue weighted by atomic mass is 28.3. The first-order valence-electron chi connectivity index (χ1n) is 5.94. The van der Waals surface area contributed by atoms with E-state index in [4.69, 9.17) is 8.85 Å². The van der Waals surface area contributed by atoms with Gasteiger partial charge in [0, 0.05) is 19.8 Å². The van der Waals surface area contributed by atoms with Crippen LogP contribution in [-0.4, -0.2) is 23.5 Å². The fourth-order valence-electron chi connectivity index (χ4n) is 2.01. The normalized spacial score (nSPS) is 13.0. The molecule has 1 aromatic carbocycles. The van der Waals surface area contributed by atoms with Crippen molar-refractivity contribution in [3.05, 3.63) is 35.9 Å². The van der Waals surface area contributed by atoms with Gasteiger partial charge in [-0.05, 0) is 12.0 Å². The van der Waals surface area contributed by atoms with Crippen LogP contribution in [0.15, 0.2) is 30.3 Å². The van der Waals surface area contributed by atoms with E-state index in [-0.39, 0.29) is 0 Å². The molecule has 2 nitrogen and oxygen atoms in total. The second-order valence-corrected chi connectivity index (χ2v) is 6.48. The van der Waals surface area contributed by atoms with Gasteiger partial charge in [-0.1, -0.05) is 50.1 Å². The van der Waals surface area contributed by atoms with E-state index in [1.165, 1.54) is 24.8 Å². The molecule has 0 N–H and O–H groups in total. The third kappa shape index (κ3) is 3.74. The maximum absolute atomic E-state index is 5.53. The maximum atomic E-state index is 5.53. The van der Waals surface area contributed by atoms with Crippen LogP contribution < -0.4 is 0 Å². The molecule has 0 aliphatic carbocycles. The molecule has 0 saturated carbocycles. The van der Waals surface area contributed by atoms with E-state index in [9.17, 15) is 0 Å². The number of rotatable bonds is 7. The molecule has 1 rings (SSSR count). The van der Waals surface area contributed by atoms with E-state index in [0.29, 0.717) is 5.54 Å². The Hall–Kier alpha value is -0.643. The van der Waals surface area contributed by atoms with Crippen molar-refractivity contribution in [1.82, 2.24) is 0 Å². The first-order valence-corrected chi connectivity index (χ1v) is 7.55. The Kier molecular flexibility index (Phi) is 6.38. The van der Waals surface area contributed by atoms with Crippen LogP contribution >= 0.6 is 0 Å². The lowest BCUT2D eigenvalue weighted by Crippen LogP contribution is -2.29. The van der Waals surface area contributed by atoms with Gasteiger partial charge in [-0.25, -0.2) is 0 Å². The van der Waals surface area contributed by atoms with Crippen LogP contribution in [0.25, 0.3) is 0 Å². The van der Waals surface area contributed by atoms with Crippen molar-refractivity contribution < 1.29 is 8.85 Å². The van der Waals surface area contributed by atoms with Crippen LogP contribution in [0.2, 0.25) is 0 Å². The number of unbranched alkanes of at least 4 members (excludes halogenated alkanes) is 1. The third-order valence-electron chi connectivity index (χ3n) is 2.89. The first kappa shape index (κ1) is 13.4. The van der Waals surface area contributed by atoms with Gasteiger partial charge in [0.05, 0.1) is 0 Å². The second-order valence-electron chi connectivity index (χ2n) is 4.00. The van der Waals surface area contributed by atoms with Crippen LogP contribution in [0.1, 0.15) is 37.3 Å². The predicted molar refractivity (Wildman–Crippen MR) is 69.9 cm³/mol. The quantitative estimate of drug-likeness (QED) is 0.680. The van der Waals surface area contributed by atoms with Gasteiger partial charge in [0.25, 0.3) is 0 Å². The monoisotopic (exact) mass is 238 g/mol. The number of hydrogen-bond acceptors (Lipinski definition) is 2. The van der Waals surface area contributed by atoms with E-state index >= 15 is 0 Å². The van der Waals surface area contributed by atoms with Crippen molar-refractivity contribution in [1.29, 1.82) is 0 Å². The zero-order chi connectivity index (χ0) is 11.8. The van der Waals surface area contributed by atoms with Crippen molar-refractivity contribution in [2.45, 2.75) is 31.7 Å². The fourth-order valence-corrected chi connectivity index (χ4v) is 3.90. The van der Waals surface area contributed by atoms with Crippen LogP contribution in [0, 0.1) is 0 Å². The lowest BCUT2D eigenvalue weighted by atomic mass is 10.1. The molecule has 0 aliphatic rings. The SMILES string of the molecule is CCCCC(c1ccccc1)[SiH](OC)OC. The van der Waals surface area contributed by atoms with Gasteiger partial charge in [-0.2, -0.15) is 0 Å². The highest BCUT2D eigenvalue weighted by Crippen LogP contribution is 2.25. The van der Waals surface area contributed by atoms with Crippen LogP contribution in [0.4, 0.5) is 0 Å². The fraction of sp³-hybridized carbons (Fsp3) is 0.538. The van der Waals surface area contributed by atoms with E-state index in [2.05, 4.69) is 37.3 Å². The molecule has 16 heavy (non-hydrogen) atoms. The summed E-state index contributed by atoms with van der Waals surface area (Å²) in [5, 5.41) is 0. The Morgan fingerprint density at radius 3 is 2.25 bits per heavy atom. The summed E-state index contributed by atoms with van der Waals surface area (Å²) >= 11 is 0. The number of benzene rings is 1. The molecular weight excluding hydrogens is 216 g/mol. The molecule has 0 aromatic heterocycles. The van der Waals surface area contributed by atoms with E-state index in [0.717, 1.165) is 0 Å². The molecule has 1 unspecified atom stereocenters. The molecular formula is C13H22O2Si. The van der Waals surface area contributed by atoms with Gasteiger partial charge < -0.3 is 8.85 Å². The molecule has 0 amide bonds. The highest BCUT2D eigenvalue weighted by Gasteiger charge is 2.25. The Morgan fingerprint density at radius 2 is 1.75 bits per heavy atom. The average molecular weight is 238 g/mol. The van der Waals surface area contributed by atoms with Crippen molar-refractivity contribution in [2.24, 2.45) is 0 Å². The molecule has 0 saturated heterocycles. The topological polar surface area (TPSA) is 18.5 Å². The molecule has 0 bridgehead atoms. The molecule has 0 fully saturated rings. The van der Waals surface area contributed by atoms with Crippen LogP contribution in [-0.2, 0) is 8.85 Å². The summed E-state index contributed by atoms with van der Waals surface area (Å²) in [5.74, 6) is 0. The lowest BCUT2D eigenvalue weighted by molar-refractivity contribution is 0.263. The Morgan fingerprint density at radius 1 is 1.12 bits per heavy atom. The number of hydrogen-bond donors (Lipinski definition) is 0. The van der Waals surface area contributed by atoms with E-state index < -0.39 is 9.28 Å². The summed E-state index contributed by atoms with van der Waals surface area (Å²) in [5.41, 5.74) is 1.83. The van der Waals surface area contributed by atoms with Gasteiger partial charge in [-0.3, -0.25) is 0 Å². The standard InChI is InChI=1S/C13H22O2Si/c1-4-5-11-13(16(14-2)15-3)12-9-7-6-8-10-12/h6-10,13,16H,4-5,11H2,1-3H3. The predicted octanol–water partition coefficient (Wildman–Crippen LogP) is 3.01. The summed E-state index contributed by atoms with van der Waals surface area (Å²) in [6.07, 6.45) is 3.62. The minimum Gasteiger partial charge on any atom is -0.400 e. The van der Waals surface area contributed by atoms with Crippen molar-refractivity contribution >= 4 is 9.28 Å². The molecule has 90 valence electrons. The van der Waals surface area contributed by atoms with Gasteiger partial charge in [0.15, 0.2) is 0 Å². The molecule has 0 heterocycles. The minimum atomic E-state index is -1.57. The van der Waals surface area contributed by atoms with Crippen molar-refractivity contribution in [3.63, 3.8) is 0 Å². The second kappa shape index (κ2) is 7.60. The molecule has 0 aliphatic heterocycles. The highest BCUT2D eigenvalue weighted by molar-refractivity contribution is 6.46. The summed E-state index contributed by atoms with van der Waals surface area (Å²) in [7, 11) is 1.97. The molecule has 0 spiro atoms. The van der Waals surface area contributed by atoms with Gasteiger partial charge in [0.2, 0.25) is 0 Å². The summed E-state index contributed by atoms with van der Waals surface area (Å²) < 4.78 is 11.1. The van der Waals surface area contributed by atoms with Crippen molar-refractivity contribution in [2.75, 3.05) is 14.2 Å². The van der Waals surface area contributed by atoms with Crippen LogP contribution in [0.3, 0.4) is 0 Å². The maximum Gasteiger partial charge on any atom is 0.328 e. The smallest absolute Gasteiger partial charge is 0.328 e. The van der Waals surface area contributed by atoms with Gasteiger partial charge >= 0.3 is 9.28 Å². The molecule has 1 aromatic rings. The first-order chi connectivity index (χ1) is 7.83. The van der Waals surface area contributed by atoms with E-state index in [1.807, 2.05) is 0 Å². The zero-order valence-electron chi connectivity index (χ0n) is 10.5. The Labute approximate surface area is 100 Å². The Bertz CT molecular complexity index is 273. The summed E-state index contributed by atoms with van der Waals surface area (Å²) in [6, 6.07) is 10.6. The summed E-state index contributed by atoms with van der Waals surface area (Å²) in [6.45, 7) is 2.22. The molecule has 3 heteroatoms. The lowest BCUT2D eigenvalue weighted by Gasteiger charge is -2.23. The average Bonchev–Trinajstić information content (AvgIpc) is 2.35. The minimum absolute atomic E-state index is 0.469. The third-order valence-corrected chi connectivity index (χ3v) is 5.19. The van der Waals surface area contributed by atoms with Crippen LogP contribution in [0.5, 0.6) is 0 Å². The zero-order valence-corrected chi connectivity index (χ0v) is 11.6. The summed E-state index contributed by atoms with van der Waals surface area (Å²) in [4.78, 5) is 0. The van der Waals surface area contributed by atoms with E-state index in [1.54, 1.807) is 14.2 Å². The Balaban J connectivity index is 2.78. The van der Waals surface area contributed by atoms with Crippen molar-refractivity contribution in [3.8, 4) is 0 Å². The van der Waals surface area contributed by atoms with Gasteiger partial charge in [0.1, 0.15) is 0 Å². The molecule has 0 radical (unpaired) electrons. The van der Waals surface area contributed by atoms with Gasteiger partial charge in [-0.15, -0.1) is 0 Å².